The van der Waals surface area contributed by atoms with E-state index in [0.29, 0.717) is 5.19 Å². The van der Waals surface area contributed by atoms with E-state index in [9.17, 15) is 4.79 Å². The van der Waals surface area contributed by atoms with Gasteiger partial charge in [-0.15, -0.1) is 0 Å². The van der Waals surface area contributed by atoms with E-state index in [1.807, 2.05) is 6.92 Å². The monoisotopic (exact) mass is 183 g/mol. The zero-order chi connectivity index (χ0) is 9.14. The van der Waals surface area contributed by atoms with Crippen molar-refractivity contribution < 1.29 is 9.53 Å². The molecule has 0 bridgehead atoms. The minimum atomic E-state index is -0.348. The largest absolute Gasteiger partial charge is 0.398 e. The van der Waals surface area contributed by atoms with Gasteiger partial charge in [-0.05, 0) is 6.92 Å². The van der Waals surface area contributed by atoms with Crippen LogP contribution in [0, 0.1) is 6.92 Å². The Morgan fingerprint density at radius 2 is 2.42 bits per heavy atom. The first-order valence-electron chi connectivity index (χ1n) is 3.41. The number of esters is 1. The summed E-state index contributed by atoms with van der Waals surface area (Å²) in [6.45, 7) is 6.81. The van der Waals surface area contributed by atoms with Gasteiger partial charge in [-0.25, -0.2) is 4.98 Å². The summed E-state index contributed by atoms with van der Waals surface area (Å²) in [4.78, 5) is 15.5. The average molecular weight is 183 g/mol. The summed E-state index contributed by atoms with van der Waals surface area (Å²) in [6.07, 6.45) is 1.69. The molecule has 0 radical (unpaired) electrons. The van der Waals surface area contributed by atoms with Gasteiger partial charge in [0.1, 0.15) is 0 Å². The molecule has 0 saturated heterocycles. The number of thiazole rings is 1. The van der Waals surface area contributed by atoms with Gasteiger partial charge in [0.15, 0.2) is 0 Å². The van der Waals surface area contributed by atoms with E-state index in [4.69, 9.17) is 4.74 Å². The van der Waals surface area contributed by atoms with Crippen molar-refractivity contribution in [2.75, 3.05) is 0 Å². The summed E-state index contributed by atoms with van der Waals surface area (Å²) >= 11 is 1.32. The van der Waals surface area contributed by atoms with E-state index in [0.717, 1.165) is 10.6 Å². The molecular formula is C8H9NO2S. The van der Waals surface area contributed by atoms with Crippen molar-refractivity contribution in [2.24, 2.45) is 0 Å². The van der Waals surface area contributed by atoms with Gasteiger partial charge in [0, 0.05) is 6.92 Å². The number of carbonyl (C=O) groups excluding carboxylic acids is 1. The molecule has 0 saturated carbocycles. The predicted octanol–water partition coefficient (Wildman–Crippen LogP) is 2.02. The second-order valence-electron chi connectivity index (χ2n) is 2.23. The molecule has 1 aromatic rings. The van der Waals surface area contributed by atoms with Gasteiger partial charge < -0.3 is 4.74 Å². The Hall–Kier alpha value is -1.16. The third-order valence-corrected chi connectivity index (χ3v) is 2.26. The molecule has 0 aliphatic carbocycles. The molecule has 1 aromatic heterocycles. The number of aromatic nitrogens is 1. The normalized spacial score (nSPS) is 9.50. The predicted molar refractivity (Wildman–Crippen MR) is 48.3 cm³/mol. The van der Waals surface area contributed by atoms with Crippen molar-refractivity contribution in [3.63, 3.8) is 0 Å². The molecule has 64 valence electrons. The molecule has 0 fully saturated rings. The van der Waals surface area contributed by atoms with Gasteiger partial charge in [0.2, 0.25) is 0 Å². The maximum absolute atomic E-state index is 10.5. The van der Waals surface area contributed by atoms with E-state index in [-0.39, 0.29) is 5.97 Å². The molecule has 3 nitrogen and oxygen atoms in total. The highest BCUT2D eigenvalue weighted by atomic mass is 32.1. The second-order valence-corrected chi connectivity index (χ2v) is 3.22. The zero-order valence-electron chi connectivity index (χ0n) is 6.96. The lowest BCUT2D eigenvalue weighted by atomic mass is 10.4. The van der Waals surface area contributed by atoms with E-state index in [1.165, 1.54) is 18.3 Å². The van der Waals surface area contributed by atoms with Crippen LogP contribution in [-0.4, -0.2) is 11.0 Å². The van der Waals surface area contributed by atoms with E-state index >= 15 is 0 Å². The average Bonchev–Trinajstić information content (AvgIpc) is 2.29. The van der Waals surface area contributed by atoms with Crippen LogP contribution in [-0.2, 0) is 4.79 Å². The summed E-state index contributed by atoms with van der Waals surface area (Å²) in [6, 6.07) is 0. The summed E-state index contributed by atoms with van der Waals surface area (Å²) in [5.41, 5.74) is 0.839. The van der Waals surface area contributed by atoms with E-state index < -0.39 is 0 Å². The summed E-state index contributed by atoms with van der Waals surface area (Å²) < 4.78 is 4.80. The van der Waals surface area contributed by atoms with E-state index in [1.54, 1.807) is 6.08 Å². The zero-order valence-corrected chi connectivity index (χ0v) is 7.77. The van der Waals surface area contributed by atoms with Gasteiger partial charge in [-0.1, -0.05) is 24.0 Å². The Morgan fingerprint density at radius 3 is 2.83 bits per heavy atom. The molecule has 0 aliphatic rings. The van der Waals surface area contributed by atoms with Gasteiger partial charge in [-0.2, -0.15) is 0 Å². The minimum absolute atomic E-state index is 0.348. The number of nitrogens with zero attached hydrogens (tertiary/aromatic N) is 1. The Bertz CT molecular complexity index is 317. The second kappa shape index (κ2) is 3.49. The fourth-order valence-electron chi connectivity index (χ4n) is 0.739. The topological polar surface area (TPSA) is 39.2 Å². The first-order chi connectivity index (χ1) is 5.63. The minimum Gasteiger partial charge on any atom is -0.398 e. The van der Waals surface area contributed by atoms with Gasteiger partial charge in [0.05, 0.1) is 10.6 Å². The molecule has 0 N–H and O–H groups in total. The number of carbonyl (C=O) groups is 1. The van der Waals surface area contributed by atoms with Gasteiger partial charge in [-0.3, -0.25) is 4.79 Å². The summed E-state index contributed by atoms with van der Waals surface area (Å²) in [7, 11) is 0. The van der Waals surface area contributed by atoms with Crippen molar-refractivity contribution in [3.05, 3.63) is 17.2 Å². The first-order valence-corrected chi connectivity index (χ1v) is 4.23. The molecule has 4 heteroatoms. The van der Waals surface area contributed by atoms with Crippen molar-refractivity contribution in [2.45, 2.75) is 13.8 Å². The lowest BCUT2D eigenvalue weighted by Crippen LogP contribution is -2.00. The number of aryl methyl sites for hydroxylation is 1. The van der Waals surface area contributed by atoms with Crippen molar-refractivity contribution in [1.29, 1.82) is 0 Å². The molecule has 1 rings (SSSR count). The molecule has 12 heavy (non-hydrogen) atoms. The van der Waals surface area contributed by atoms with Crippen molar-refractivity contribution >= 4 is 23.4 Å². The molecule has 0 spiro atoms. The Morgan fingerprint density at radius 1 is 1.75 bits per heavy atom. The Labute approximate surface area is 74.7 Å². The third kappa shape index (κ3) is 1.92. The highest BCUT2D eigenvalue weighted by Gasteiger charge is 2.06. The molecule has 0 amide bonds. The molecule has 0 atom stereocenters. The van der Waals surface area contributed by atoms with Gasteiger partial charge in [0.25, 0.3) is 5.19 Å². The van der Waals surface area contributed by atoms with Crippen LogP contribution in [0.3, 0.4) is 0 Å². The lowest BCUT2D eigenvalue weighted by molar-refractivity contribution is -0.131. The Balaban J connectivity index is 2.89. The number of hydrogen-bond acceptors (Lipinski definition) is 4. The van der Waals surface area contributed by atoms with Crippen LogP contribution < -0.4 is 4.74 Å². The number of ether oxygens (including phenoxy) is 1. The fraction of sp³-hybridized carbons (Fsp3) is 0.250. The highest BCUT2D eigenvalue weighted by Crippen LogP contribution is 2.25. The summed E-state index contributed by atoms with van der Waals surface area (Å²) in [5, 5.41) is 0.384. The number of hydrogen-bond donors (Lipinski definition) is 0. The highest BCUT2D eigenvalue weighted by molar-refractivity contribution is 7.14. The van der Waals surface area contributed by atoms with Crippen molar-refractivity contribution in [1.82, 2.24) is 4.98 Å². The maximum Gasteiger partial charge on any atom is 0.309 e. The molecular weight excluding hydrogens is 174 g/mol. The number of rotatable bonds is 2. The van der Waals surface area contributed by atoms with Gasteiger partial charge >= 0.3 is 5.97 Å². The molecule has 0 aliphatic heterocycles. The van der Waals surface area contributed by atoms with Crippen LogP contribution >= 0.6 is 11.3 Å². The fourth-order valence-corrected chi connectivity index (χ4v) is 1.55. The van der Waals surface area contributed by atoms with Crippen LogP contribution in [0.2, 0.25) is 0 Å². The van der Waals surface area contributed by atoms with Crippen molar-refractivity contribution in [3.8, 4) is 5.19 Å². The maximum atomic E-state index is 10.5. The molecule has 0 aromatic carbocycles. The lowest BCUT2D eigenvalue weighted by Gasteiger charge is -1.90. The van der Waals surface area contributed by atoms with Crippen LogP contribution in [0.1, 0.15) is 17.5 Å². The van der Waals surface area contributed by atoms with Crippen LogP contribution in [0.25, 0.3) is 6.08 Å². The SMILES string of the molecule is C=Cc1sc(OC(C)=O)nc1C. The van der Waals surface area contributed by atoms with Crippen LogP contribution in [0.15, 0.2) is 6.58 Å². The Kier molecular flexibility index (Phi) is 2.60. The standard InChI is InChI=1S/C8H9NO2S/c1-4-7-5(2)9-8(12-7)11-6(3)10/h4H,1H2,2-3H3. The van der Waals surface area contributed by atoms with E-state index in [2.05, 4.69) is 11.6 Å². The van der Waals surface area contributed by atoms with Crippen LogP contribution in [0.5, 0.6) is 5.19 Å². The summed E-state index contributed by atoms with van der Waals surface area (Å²) in [5.74, 6) is -0.348. The van der Waals surface area contributed by atoms with Crippen LogP contribution in [0.4, 0.5) is 0 Å². The third-order valence-electron chi connectivity index (χ3n) is 1.23. The first kappa shape index (κ1) is 8.93. The molecule has 1 heterocycles. The smallest absolute Gasteiger partial charge is 0.309 e. The molecule has 0 unspecified atom stereocenters. The quantitative estimate of drug-likeness (QED) is 0.658.